The number of benzene rings is 1. The fourth-order valence-corrected chi connectivity index (χ4v) is 4.07. The predicted molar refractivity (Wildman–Crippen MR) is 102 cm³/mol. The number of nitrogens with zero attached hydrogens (tertiary/aromatic N) is 2. The van der Waals surface area contributed by atoms with Crippen molar-refractivity contribution in [1.29, 1.82) is 0 Å². The number of halogens is 1. The first-order chi connectivity index (χ1) is 13.7. The van der Waals surface area contributed by atoms with Crippen LogP contribution in [0, 0.1) is 5.82 Å². The van der Waals surface area contributed by atoms with Crippen LogP contribution in [0.15, 0.2) is 17.1 Å². The van der Waals surface area contributed by atoms with Crippen molar-refractivity contribution in [3.05, 3.63) is 29.1 Å². The molecule has 2 fully saturated rings. The molecule has 0 radical (unpaired) electrons. The molecule has 3 aliphatic rings. The standard InChI is InChI=1S/C20H28FN3O4/c1-22-20(24-6-8-27-18(11-24)17-3-2-7-26-17)23-5-4-14-9-16(21)10-15-12-25-13-28-19(14)15/h9-10,17-18H,2-8,11-13H2,1H3,(H,22,23). The minimum Gasteiger partial charge on any atom is -0.467 e. The van der Waals surface area contributed by atoms with Crippen LogP contribution in [0.5, 0.6) is 5.75 Å². The Bertz CT molecular complexity index is 709. The zero-order valence-electron chi connectivity index (χ0n) is 16.3. The molecule has 28 heavy (non-hydrogen) atoms. The van der Waals surface area contributed by atoms with E-state index in [9.17, 15) is 4.39 Å². The summed E-state index contributed by atoms with van der Waals surface area (Å²) >= 11 is 0. The zero-order valence-corrected chi connectivity index (χ0v) is 16.3. The summed E-state index contributed by atoms with van der Waals surface area (Å²) in [4.78, 5) is 6.63. The Morgan fingerprint density at radius 3 is 3.00 bits per heavy atom. The fourth-order valence-electron chi connectivity index (χ4n) is 4.07. The number of hydrogen-bond acceptors (Lipinski definition) is 5. The number of aliphatic imine (C=N–C) groups is 1. The van der Waals surface area contributed by atoms with Gasteiger partial charge >= 0.3 is 0 Å². The lowest BCUT2D eigenvalue weighted by Crippen LogP contribution is -2.53. The quantitative estimate of drug-likeness (QED) is 0.621. The lowest BCUT2D eigenvalue weighted by atomic mass is 10.1. The van der Waals surface area contributed by atoms with Crippen LogP contribution in [0.4, 0.5) is 4.39 Å². The molecule has 0 spiro atoms. The number of guanidine groups is 1. The Labute approximate surface area is 164 Å². The van der Waals surface area contributed by atoms with Crippen LogP contribution in [0.2, 0.25) is 0 Å². The van der Waals surface area contributed by atoms with E-state index < -0.39 is 0 Å². The number of rotatable bonds is 4. The van der Waals surface area contributed by atoms with Crippen molar-refractivity contribution in [3.63, 3.8) is 0 Å². The Morgan fingerprint density at radius 2 is 2.18 bits per heavy atom. The smallest absolute Gasteiger partial charge is 0.193 e. The summed E-state index contributed by atoms with van der Waals surface area (Å²) in [6.07, 6.45) is 3.05. The molecule has 0 aromatic heterocycles. The molecule has 154 valence electrons. The monoisotopic (exact) mass is 393 g/mol. The van der Waals surface area contributed by atoms with Gasteiger partial charge in [0.05, 0.1) is 19.3 Å². The zero-order chi connectivity index (χ0) is 19.3. The third-order valence-electron chi connectivity index (χ3n) is 5.41. The molecule has 4 rings (SSSR count). The van der Waals surface area contributed by atoms with Gasteiger partial charge in [-0.1, -0.05) is 0 Å². The van der Waals surface area contributed by atoms with Gasteiger partial charge in [-0.25, -0.2) is 4.39 Å². The number of hydrogen-bond donors (Lipinski definition) is 1. The van der Waals surface area contributed by atoms with Crippen LogP contribution in [0.25, 0.3) is 0 Å². The van der Waals surface area contributed by atoms with Crippen molar-refractivity contribution < 1.29 is 23.3 Å². The molecule has 7 nitrogen and oxygen atoms in total. The van der Waals surface area contributed by atoms with Crippen LogP contribution < -0.4 is 10.1 Å². The summed E-state index contributed by atoms with van der Waals surface area (Å²) in [5, 5.41) is 3.40. The van der Waals surface area contributed by atoms with Gasteiger partial charge in [-0.15, -0.1) is 0 Å². The van der Waals surface area contributed by atoms with E-state index in [1.807, 2.05) is 0 Å². The first kappa shape index (κ1) is 19.4. The average molecular weight is 393 g/mol. The van der Waals surface area contributed by atoms with Crippen molar-refractivity contribution in [1.82, 2.24) is 10.2 Å². The Kier molecular flexibility index (Phi) is 6.29. The summed E-state index contributed by atoms with van der Waals surface area (Å²) in [5.41, 5.74) is 1.61. The maximum Gasteiger partial charge on any atom is 0.193 e. The third-order valence-corrected chi connectivity index (χ3v) is 5.41. The van der Waals surface area contributed by atoms with E-state index in [0.29, 0.717) is 26.2 Å². The van der Waals surface area contributed by atoms with Crippen LogP contribution in [-0.4, -0.2) is 69.8 Å². The number of ether oxygens (including phenoxy) is 4. The second kappa shape index (κ2) is 9.07. The fraction of sp³-hybridized carbons (Fsp3) is 0.650. The van der Waals surface area contributed by atoms with E-state index in [1.165, 1.54) is 12.1 Å². The highest BCUT2D eigenvalue weighted by molar-refractivity contribution is 5.80. The topological polar surface area (TPSA) is 64.6 Å². The summed E-state index contributed by atoms with van der Waals surface area (Å²) in [5.74, 6) is 1.31. The maximum absolute atomic E-state index is 13.9. The Morgan fingerprint density at radius 1 is 1.29 bits per heavy atom. The molecule has 8 heteroatoms. The molecule has 2 atom stereocenters. The predicted octanol–water partition coefficient (Wildman–Crippen LogP) is 1.69. The summed E-state index contributed by atoms with van der Waals surface area (Å²) in [6, 6.07) is 3.01. The van der Waals surface area contributed by atoms with E-state index in [4.69, 9.17) is 18.9 Å². The van der Waals surface area contributed by atoms with Crippen LogP contribution in [-0.2, 0) is 27.2 Å². The summed E-state index contributed by atoms with van der Waals surface area (Å²) in [7, 11) is 1.78. The number of morpholine rings is 1. The van der Waals surface area contributed by atoms with E-state index in [0.717, 1.165) is 55.4 Å². The van der Waals surface area contributed by atoms with Crippen molar-refractivity contribution in [2.24, 2.45) is 4.99 Å². The Balaban J connectivity index is 1.34. The maximum atomic E-state index is 13.9. The van der Waals surface area contributed by atoms with Gasteiger partial charge < -0.3 is 29.2 Å². The molecule has 1 N–H and O–H groups in total. The van der Waals surface area contributed by atoms with Gasteiger partial charge in [0.15, 0.2) is 12.8 Å². The van der Waals surface area contributed by atoms with Gasteiger partial charge in [0.1, 0.15) is 17.7 Å². The SMILES string of the molecule is CN=C(NCCc1cc(F)cc2c1OCOC2)N1CCOC(C2CCCO2)C1. The summed E-state index contributed by atoms with van der Waals surface area (Å²) < 4.78 is 36.4. The van der Waals surface area contributed by atoms with Gasteiger partial charge in [-0.05, 0) is 37.0 Å². The molecule has 2 unspecified atom stereocenters. The van der Waals surface area contributed by atoms with Gasteiger partial charge in [0.25, 0.3) is 0 Å². The molecule has 0 bridgehead atoms. The first-order valence-corrected chi connectivity index (χ1v) is 9.95. The molecule has 2 saturated heterocycles. The Hall–Kier alpha value is -1.90. The third kappa shape index (κ3) is 4.39. The summed E-state index contributed by atoms with van der Waals surface area (Å²) in [6.45, 7) is 4.26. The normalized spacial score (nSPS) is 25.4. The number of nitrogens with one attached hydrogen (secondary N) is 1. The average Bonchev–Trinajstić information content (AvgIpc) is 3.26. The molecule has 3 aliphatic heterocycles. The van der Waals surface area contributed by atoms with Gasteiger partial charge in [-0.3, -0.25) is 4.99 Å². The van der Waals surface area contributed by atoms with Crippen LogP contribution >= 0.6 is 0 Å². The van der Waals surface area contributed by atoms with E-state index >= 15 is 0 Å². The van der Waals surface area contributed by atoms with Crippen molar-refractivity contribution in [3.8, 4) is 5.75 Å². The molecule has 0 amide bonds. The molecule has 1 aromatic rings. The van der Waals surface area contributed by atoms with Crippen LogP contribution in [0.1, 0.15) is 24.0 Å². The highest BCUT2D eigenvalue weighted by Crippen LogP contribution is 2.29. The van der Waals surface area contributed by atoms with E-state index in [2.05, 4.69) is 15.2 Å². The van der Waals surface area contributed by atoms with Crippen molar-refractivity contribution in [2.45, 2.75) is 38.1 Å². The van der Waals surface area contributed by atoms with Crippen molar-refractivity contribution in [2.75, 3.05) is 46.7 Å². The lowest BCUT2D eigenvalue weighted by molar-refractivity contribution is -0.0816. The van der Waals surface area contributed by atoms with Gasteiger partial charge in [0, 0.05) is 38.9 Å². The number of fused-ring (bicyclic) bond motifs is 1. The highest BCUT2D eigenvalue weighted by atomic mass is 19.1. The minimum atomic E-state index is -0.264. The first-order valence-electron chi connectivity index (χ1n) is 9.95. The second-order valence-corrected chi connectivity index (χ2v) is 7.29. The molecule has 0 aliphatic carbocycles. The largest absolute Gasteiger partial charge is 0.467 e. The molecular weight excluding hydrogens is 365 g/mol. The van der Waals surface area contributed by atoms with Gasteiger partial charge in [-0.2, -0.15) is 0 Å². The minimum absolute atomic E-state index is 0.0819. The van der Waals surface area contributed by atoms with E-state index in [-0.39, 0.29) is 24.8 Å². The van der Waals surface area contributed by atoms with Crippen LogP contribution in [0.3, 0.4) is 0 Å². The van der Waals surface area contributed by atoms with Crippen molar-refractivity contribution >= 4 is 5.96 Å². The molecular formula is C20H28FN3O4. The highest BCUT2D eigenvalue weighted by Gasteiger charge is 2.32. The molecule has 0 saturated carbocycles. The van der Waals surface area contributed by atoms with Gasteiger partial charge in [0.2, 0.25) is 0 Å². The molecule has 3 heterocycles. The molecule has 1 aromatic carbocycles. The lowest BCUT2D eigenvalue weighted by Gasteiger charge is -2.37. The second-order valence-electron chi connectivity index (χ2n) is 7.29. The van der Waals surface area contributed by atoms with E-state index in [1.54, 1.807) is 7.05 Å².